The number of rotatable bonds is 3. The van der Waals surface area contributed by atoms with Crippen LogP contribution in [-0.4, -0.2) is 17.9 Å². The maximum atomic E-state index is 12.7. The van der Waals surface area contributed by atoms with Crippen molar-refractivity contribution in [3.63, 3.8) is 0 Å². The minimum atomic E-state index is 0.0537. The molecule has 0 saturated heterocycles. The van der Waals surface area contributed by atoms with Crippen LogP contribution in [0.25, 0.3) is 0 Å². The van der Waals surface area contributed by atoms with Gasteiger partial charge in [-0.15, -0.1) is 0 Å². The molecule has 2 aromatic carbocycles. The zero-order valence-electron chi connectivity index (χ0n) is 13.5. The van der Waals surface area contributed by atoms with Crippen LogP contribution in [0, 0.1) is 20.8 Å². The summed E-state index contributed by atoms with van der Waals surface area (Å²) >= 11 is 0. The summed E-state index contributed by atoms with van der Waals surface area (Å²) in [5.41, 5.74) is 5.31. The zero-order chi connectivity index (χ0) is 15.6. The van der Waals surface area contributed by atoms with E-state index in [9.17, 15) is 4.79 Å². The molecule has 2 rings (SSSR count). The third kappa shape index (κ3) is 3.33. The number of hydrogen-bond acceptors (Lipinski definition) is 1. The van der Waals surface area contributed by atoms with Gasteiger partial charge in [0.15, 0.2) is 0 Å². The third-order valence-corrected chi connectivity index (χ3v) is 4.08. The monoisotopic (exact) mass is 281 g/mol. The Balaban J connectivity index is 2.26. The van der Waals surface area contributed by atoms with Crippen LogP contribution in [0.4, 0.5) is 0 Å². The molecule has 0 N–H and O–H groups in total. The molecule has 1 amide bonds. The predicted octanol–water partition coefficient (Wildman–Crippen LogP) is 4.45. The summed E-state index contributed by atoms with van der Waals surface area (Å²) in [5.74, 6) is 0.0734. The topological polar surface area (TPSA) is 20.3 Å². The summed E-state index contributed by atoms with van der Waals surface area (Å²) in [7, 11) is 1.87. The van der Waals surface area contributed by atoms with Crippen molar-refractivity contribution in [2.24, 2.45) is 0 Å². The number of nitrogens with zero attached hydrogens (tertiary/aromatic N) is 1. The Kier molecular flexibility index (Phi) is 4.46. The van der Waals surface area contributed by atoms with Crippen LogP contribution < -0.4 is 0 Å². The number of carbonyl (C=O) groups excluding carboxylic acids is 1. The maximum Gasteiger partial charge on any atom is 0.254 e. The van der Waals surface area contributed by atoms with Gasteiger partial charge in [0.05, 0.1) is 6.04 Å². The van der Waals surface area contributed by atoms with E-state index in [4.69, 9.17) is 0 Å². The standard InChI is InChI=1S/C19H23NO/c1-13-7-10-17(11-8-13)16(4)20(5)19(21)18-12-14(2)6-9-15(18)3/h6-12,16H,1-5H3. The molecule has 0 aliphatic rings. The smallest absolute Gasteiger partial charge is 0.254 e. The second-order valence-electron chi connectivity index (χ2n) is 5.82. The van der Waals surface area contributed by atoms with E-state index in [-0.39, 0.29) is 11.9 Å². The number of amides is 1. The molecule has 0 saturated carbocycles. The highest BCUT2D eigenvalue weighted by atomic mass is 16.2. The van der Waals surface area contributed by atoms with Crippen LogP contribution >= 0.6 is 0 Å². The summed E-state index contributed by atoms with van der Waals surface area (Å²) in [6.07, 6.45) is 0. The molecule has 1 atom stereocenters. The van der Waals surface area contributed by atoms with Crippen molar-refractivity contribution >= 4 is 5.91 Å². The molecule has 0 aliphatic carbocycles. The summed E-state index contributed by atoms with van der Waals surface area (Å²) in [5, 5.41) is 0. The molecule has 21 heavy (non-hydrogen) atoms. The van der Waals surface area contributed by atoms with Gasteiger partial charge in [0.2, 0.25) is 0 Å². The van der Waals surface area contributed by atoms with Gasteiger partial charge in [-0.1, -0.05) is 47.5 Å². The van der Waals surface area contributed by atoms with E-state index < -0.39 is 0 Å². The Labute approximate surface area is 127 Å². The Morgan fingerprint density at radius 3 is 2.14 bits per heavy atom. The van der Waals surface area contributed by atoms with Crippen molar-refractivity contribution in [1.29, 1.82) is 0 Å². The highest BCUT2D eigenvalue weighted by Crippen LogP contribution is 2.22. The lowest BCUT2D eigenvalue weighted by atomic mass is 10.0. The van der Waals surface area contributed by atoms with Gasteiger partial charge in [-0.3, -0.25) is 4.79 Å². The first-order chi connectivity index (χ1) is 9.90. The summed E-state index contributed by atoms with van der Waals surface area (Å²) in [6.45, 7) is 8.13. The molecular formula is C19H23NO. The van der Waals surface area contributed by atoms with Gasteiger partial charge < -0.3 is 4.90 Å². The molecule has 0 radical (unpaired) electrons. The fraction of sp³-hybridized carbons (Fsp3) is 0.316. The molecule has 110 valence electrons. The van der Waals surface area contributed by atoms with E-state index in [1.807, 2.05) is 44.0 Å². The van der Waals surface area contributed by atoms with Crippen molar-refractivity contribution in [3.8, 4) is 0 Å². The Hall–Kier alpha value is -2.09. The van der Waals surface area contributed by atoms with Crippen LogP contribution in [0.3, 0.4) is 0 Å². The second kappa shape index (κ2) is 6.13. The first kappa shape index (κ1) is 15.3. The van der Waals surface area contributed by atoms with Gasteiger partial charge in [0.25, 0.3) is 5.91 Å². The molecule has 0 aliphatic heterocycles. The van der Waals surface area contributed by atoms with Gasteiger partial charge in [-0.25, -0.2) is 0 Å². The predicted molar refractivity (Wildman–Crippen MR) is 87.6 cm³/mol. The molecule has 0 aromatic heterocycles. The van der Waals surface area contributed by atoms with Crippen molar-refractivity contribution in [2.45, 2.75) is 33.7 Å². The summed E-state index contributed by atoms with van der Waals surface area (Å²) in [6, 6.07) is 14.4. The van der Waals surface area contributed by atoms with Crippen molar-refractivity contribution < 1.29 is 4.79 Å². The van der Waals surface area contributed by atoms with Crippen LogP contribution in [0.5, 0.6) is 0 Å². The zero-order valence-corrected chi connectivity index (χ0v) is 13.5. The van der Waals surface area contributed by atoms with Crippen LogP contribution in [0.15, 0.2) is 42.5 Å². The highest BCUT2D eigenvalue weighted by Gasteiger charge is 2.20. The molecule has 2 heteroatoms. The molecule has 2 nitrogen and oxygen atoms in total. The fourth-order valence-corrected chi connectivity index (χ4v) is 2.40. The number of aryl methyl sites for hydroxylation is 3. The molecule has 0 bridgehead atoms. The number of carbonyl (C=O) groups is 1. The Morgan fingerprint density at radius 1 is 0.952 bits per heavy atom. The lowest BCUT2D eigenvalue weighted by molar-refractivity contribution is 0.0742. The lowest BCUT2D eigenvalue weighted by Crippen LogP contribution is -2.30. The summed E-state index contributed by atoms with van der Waals surface area (Å²) in [4.78, 5) is 14.5. The average Bonchev–Trinajstić information content (AvgIpc) is 2.48. The van der Waals surface area contributed by atoms with Crippen molar-refractivity contribution in [2.75, 3.05) is 7.05 Å². The van der Waals surface area contributed by atoms with Crippen LogP contribution in [0.1, 0.15) is 45.6 Å². The summed E-state index contributed by atoms with van der Waals surface area (Å²) < 4.78 is 0. The second-order valence-corrected chi connectivity index (χ2v) is 5.82. The van der Waals surface area contributed by atoms with E-state index >= 15 is 0 Å². The molecule has 0 heterocycles. The molecule has 0 spiro atoms. The fourth-order valence-electron chi connectivity index (χ4n) is 2.40. The minimum Gasteiger partial charge on any atom is -0.335 e. The molecule has 1 unspecified atom stereocenters. The first-order valence-electron chi connectivity index (χ1n) is 7.31. The van der Waals surface area contributed by atoms with E-state index in [2.05, 4.69) is 38.1 Å². The van der Waals surface area contributed by atoms with Gasteiger partial charge in [0.1, 0.15) is 0 Å². The van der Waals surface area contributed by atoms with Gasteiger partial charge in [-0.2, -0.15) is 0 Å². The first-order valence-corrected chi connectivity index (χ1v) is 7.31. The Bertz CT molecular complexity index is 643. The number of hydrogen-bond donors (Lipinski definition) is 0. The van der Waals surface area contributed by atoms with E-state index in [0.717, 1.165) is 22.3 Å². The van der Waals surface area contributed by atoms with Crippen LogP contribution in [0.2, 0.25) is 0 Å². The minimum absolute atomic E-state index is 0.0537. The maximum absolute atomic E-state index is 12.7. The van der Waals surface area contributed by atoms with E-state index in [1.165, 1.54) is 5.56 Å². The van der Waals surface area contributed by atoms with E-state index in [1.54, 1.807) is 0 Å². The third-order valence-electron chi connectivity index (χ3n) is 4.08. The van der Waals surface area contributed by atoms with Crippen molar-refractivity contribution in [3.05, 3.63) is 70.3 Å². The quantitative estimate of drug-likeness (QED) is 0.814. The van der Waals surface area contributed by atoms with E-state index in [0.29, 0.717) is 0 Å². The normalized spacial score (nSPS) is 12.0. The molecule has 0 fully saturated rings. The largest absolute Gasteiger partial charge is 0.335 e. The highest BCUT2D eigenvalue weighted by molar-refractivity contribution is 5.95. The van der Waals surface area contributed by atoms with Gasteiger partial charge in [0, 0.05) is 12.6 Å². The van der Waals surface area contributed by atoms with Crippen LogP contribution in [-0.2, 0) is 0 Å². The lowest BCUT2D eigenvalue weighted by Gasteiger charge is -2.26. The van der Waals surface area contributed by atoms with Crippen molar-refractivity contribution in [1.82, 2.24) is 4.90 Å². The number of benzene rings is 2. The average molecular weight is 281 g/mol. The molecular weight excluding hydrogens is 258 g/mol. The van der Waals surface area contributed by atoms with Gasteiger partial charge >= 0.3 is 0 Å². The molecule has 2 aromatic rings. The SMILES string of the molecule is Cc1ccc(C(C)N(C)C(=O)c2cc(C)ccc2C)cc1. The van der Waals surface area contributed by atoms with Gasteiger partial charge in [-0.05, 0) is 44.9 Å². The Morgan fingerprint density at radius 2 is 1.52 bits per heavy atom.